The Morgan fingerprint density at radius 1 is 0.406 bits per heavy atom. The van der Waals surface area contributed by atoms with E-state index in [2.05, 4.69) is 0 Å². The van der Waals surface area contributed by atoms with Gasteiger partial charge in [0.25, 0.3) is 0 Å². The van der Waals surface area contributed by atoms with Crippen LogP contribution in [0.3, 0.4) is 0 Å². The predicted molar refractivity (Wildman–Crippen MR) is 114 cm³/mol. The van der Waals surface area contributed by atoms with Crippen molar-refractivity contribution in [2.24, 2.45) is 0 Å². The summed E-state index contributed by atoms with van der Waals surface area (Å²) in [6.07, 6.45) is 0. The number of hydrogen-bond acceptors (Lipinski definition) is 1. The summed E-state index contributed by atoms with van der Waals surface area (Å²) in [6.45, 7) is 0. The molecule has 0 atom stereocenters. The van der Waals surface area contributed by atoms with Gasteiger partial charge in [0.15, 0.2) is 5.78 Å². The molecule has 1 nitrogen and oxygen atoms in total. The summed E-state index contributed by atoms with van der Waals surface area (Å²) in [5.41, 5.74) is 2.10. The smallest absolute Gasteiger partial charge is 0.156 e. The summed E-state index contributed by atoms with van der Waals surface area (Å²) >= 11 is 0. The number of benzene rings is 4. The molecule has 0 aromatic heterocycles. The minimum atomic E-state index is -0.851. The van der Waals surface area contributed by atoms with Crippen LogP contribution in [0.4, 0.5) is 17.6 Å². The molecule has 32 heavy (non-hydrogen) atoms. The number of halogens is 4. The normalized spacial score (nSPS) is 11.2. The fourth-order valence-corrected chi connectivity index (χ4v) is 3.83. The lowest BCUT2D eigenvalue weighted by Crippen LogP contribution is -2.23. The molecular weight excluding hydrogens is 416 g/mol. The highest BCUT2D eigenvalue weighted by Crippen LogP contribution is 2.36. The van der Waals surface area contributed by atoms with E-state index in [1.54, 1.807) is 0 Å². The Morgan fingerprint density at radius 3 is 0.781 bits per heavy atom. The van der Waals surface area contributed by atoms with Gasteiger partial charge in [-0.15, -0.1) is 0 Å². The molecule has 0 aliphatic heterocycles. The number of carbonyl (C=O) groups excluding carboxylic acids is 1. The van der Waals surface area contributed by atoms with Crippen LogP contribution in [0.25, 0.3) is 0 Å². The average molecular weight is 434 g/mol. The minimum absolute atomic E-state index is 0.290. The van der Waals surface area contributed by atoms with Gasteiger partial charge in [-0.1, -0.05) is 48.5 Å². The Labute approximate surface area is 183 Å². The first kappa shape index (κ1) is 21.5. The molecule has 0 saturated carbocycles. The highest BCUT2D eigenvalue weighted by molar-refractivity contribution is 5.97. The topological polar surface area (TPSA) is 17.1 Å². The fourth-order valence-electron chi connectivity index (χ4n) is 3.83. The van der Waals surface area contributed by atoms with Gasteiger partial charge in [-0.3, -0.25) is 4.79 Å². The van der Waals surface area contributed by atoms with Crippen molar-refractivity contribution < 1.29 is 22.4 Å². The molecule has 5 heteroatoms. The third-order valence-corrected chi connectivity index (χ3v) is 5.38. The quantitative estimate of drug-likeness (QED) is 0.306. The Kier molecular flexibility index (Phi) is 6.17. The Balaban J connectivity index is 1.87. The van der Waals surface area contributed by atoms with Crippen LogP contribution in [0.2, 0.25) is 0 Å². The first-order chi connectivity index (χ1) is 15.4. The van der Waals surface area contributed by atoms with Gasteiger partial charge < -0.3 is 0 Å². The van der Waals surface area contributed by atoms with Gasteiger partial charge in [-0.2, -0.15) is 0 Å². The maximum atomic E-state index is 14.0. The van der Waals surface area contributed by atoms with Crippen molar-refractivity contribution in [3.8, 4) is 0 Å². The molecule has 4 aromatic rings. The summed E-state index contributed by atoms with van der Waals surface area (Å²) in [5.74, 6) is -3.80. The molecule has 0 bridgehead atoms. The lowest BCUT2D eigenvalue weighted by Gasteiger charge is -2.24. The van der Waals surface area contributed by atoms with Gasteiger partial charge in [0.2, 0.25) is 0 Å². The van der Waals surface area contributed by atoms with Gasteiger partial charge in [0.05, 0.1) is 11.8 Å². The SMILES string of the molecule is O=C(C(c1ccc(F)cc1)c1ccc(F)cc1)C(c1ccc(F)cc1)c1ccc(F)cc1. The van der Waals surface area contributed by atoms with Gasteiger partial charge >= 0.3 is 0 Å². The van der Waals surface area contributed by atoms with Crippen molar-refractivity contribution in [2.75, 3.05) is 0 Å². The van der Waals surface area contributed by atoms with Gasteiger partial charge in [-0.05, 0) is 70.8 Å². The van der Waals surface area contributed by atoms with Crippen LogP contribution in [-0.2, 0) is 4.79 Å². The van der Waals surface area contributed by atoms with E-state index < -0.39 is 35.1 Å². The van der Waals surface area contributed by atoms with Crippen LogP contribution in [0.1, 0.15) is 34.1 Å². The number of hydrogen-bond donors (Lipinski definition) is 0. The van der Waals surface area contributed by atoms with Crippen LogP contribution < -0.4 is 0 Å². The number of ketones is 1. The lowest BCUT2D eigenvalue weighted by atomic mass is 9.77. The molecule has 0 radical (unpaired) electrons. The zero-order valence-corrected chi connectivity index (χ0v) is 16.8. The van der Waals surface area contributed by atoms with Gasteiger partial charge in [0, 0.05) is 0 Å². The summed E-state index contributed by atoms with van der Waals surface area (Å²) in [6, 6.07) is 22.1. The zero-order valence-electron chi connectivity index (χ0n) is 16.8. The molecule has 0 fully saturated rings. The Morgan fingerprint density at radius 2 is 0.594 bits per heavy atom. The van der Waals surface area contributed by atoms with Crippen molar-refractivity contribution in [3.05, 3.63) is 143 Å². The first-order valence-electron chi connectivity index (χ1n) is 9.98. The van der Waals surface area contributed by atoms with E-state index >= 15 is 0 Å². The van der Waals surface area contributed by atoms with E-state index in [-0.39, 0.29) is 5.78 Å². The maximum absolute atomic E-state index is 14.0. The highest BCUT2D eigenvalue weighted by atomic mass is 19.1. The summed E-state index contributed by atoms with van der Waals surface area (Å²) in [4.78, 5) is 14.0. The Hall–Kier alpha value is -3.73. The lowest BCUT2D eigenvalue weighted by molar-refractivity contribution is -0.120. The predicted octanol–water partition coefficient (Wildman–Crippen LogP) is 6.78. The Bertz CT molecular complexity index is 1010. The van der Waals surface area contributed by atoms with Gasteiger partial charge in [-0.25, -0.2) is 17.6 Å². The fraction of sp³-hybridized carbons (Fsp3) is 0.0741. The third-order valence-electron chi connectivity index (χ3n) is 5.38. The van der Waals surface area contributed by atoms with Crippen LogP contribution in [0.5, 0.6) is 0 Å². The molecule has 0 N–H and O–H groups in total. The van der Waals surface area contributed by atoms with E-state index in [9.17, 15) is 22.4 Å². The first-order valence-corrected chi connectivity index (χ1v) is 9.98. The van der Waals surface area contributed by atoms with Crippen molar-refractivity contribution in [1.82, 2.24) is 0 Å². The standard InChI is InChI=1S/C27H18F4O/c28-21-9-1-17(2-10-21)25(18-3-11-22(29)12-4-18)27(32)26(19-5-13-23(30)14-6-19)20-7-15-24(31)16-8-20/h1-16,25-26H. The summed E-state index contributed by atoms with van der Waals surface area (Å²) in [5, 5.41) is 0. The van der Waals surface area contributed by atoms with E-state index in [0.717, 1.165) is 0 Å². The molecule has 160 valence electrons. The van der Waals surface area contributed by atoms with E-state index in [0.29, 0.717) is 22.3 Å². The van der Waals surface area contributed by atoms with Crippen LogP contribution in [0, 0.1) is 23.3 Å². The summed E-state index contributed by atoms with van der Waals surface area (Å²) in [7, 11) is 0. The van der Waals surface area contributed by atoms with Gasteiger partial charge in [0.1, 0.15) is 23.3 Å². The molecule has 0 aliphatic rings. The third kappa shape index (κ3) is 4.62. The highest BCUT2D eigenvalue weighted by Gasteiger charge is 2.32. The molecular formula is C27H18F4O. The second-order valence-corrected chi connectivity index (χ2v) is 7.47. The second kappa shape index (κ2) is 9.18. The molecule has 0 heterocycles. The summed E-state index contributed by atoms with van der Waals surface area (Å²) < 4.78 is 54.3. The average Bonchev–Trinajstić information content (AvgIpc) is 2.79. The van der Waals surface area contributed by atoms with Crippen LogP contribution in [-0.4, -0.2) is 5.78 Å². The van der Waals surface area contributed by atoms with Crippen LogP contribution in [0.15, 0.2) is 97.1 Å². The molecule has 0 aliphatic carbocycles. The number of carbonyl (C=O) groups is 1. The van der Waals surface area contributed by atoms with E-state index in [4.69, 9.17) is 0 Å². The largest absolute Gasteiger partial charge is 0.298 e. The number of Topliss-reactive ketones (excluding diaryl/α,β-unsaturated/α-hetero) is 1. The zero-order chi connectivity index (χ0) is 22.7. The van der Waals surface area contributed by atoms with Crippen molar-refractivity contribution in [3.63, 3.8) is 0 Å². The molecule has 4 rings (SSSR count). The van der Waals surface area contributed by atoms with E-state index in [1.165, 1.54) is 97.1 Å². The number of rotatable bonds is 6. The monoisotopic (exact) mass is 434 g/mol. The second-order valence-electron chi connectivity index (χ2n) is 7.47. The molecule has 0 unspecified atom stereocenters. The van der Waals surface area contributed by atoms with Crippen molar-refractivity contribution >= 4 is 5.78 Å². The van der Waals surface area contributed by atoms with Crippen LogP contribution >= 0.6 is 0 Å². The molecule has 0 amide bonds. The maximum Gasteiger partial charge on any atom is 0.156 e. The molecule has 4 aromatic carbocycles. The molecule has 0 spiro atoms. The molecule has 0 saturated heterocycles. The van der Waals surface area contributed by atoms with Crippen molar-refractivity contribution in [1.29, 1.82) is 0 Å². The van der Waals surface area contributed by atoms with Crippen molar-refractivity contribution in [2.45, 2.75) is 11.8 Å². The minimum Gasteiger partial charge on any atom is -0.298 e. The van der Waals surface area contributed by atoms with E-state index in [1.807, 2.05) is 0 Å².